The van der Waals surface area contributed by atoms with Crippen molar-refractivity contribution in [3.05, 3.63) is 23.3 Å². The van der Waals surface area contributed by atoms with Crippen LogP contribution in [0.1, 0.15) is 11.1 Å². The number of oxazole rings is 1. The van der Waals surface area contributed by atoms with E-state index in [4.69, 9.17) is 10.2 Å². The van der Waals surface area contributed by atoms with Gasteiger partial charge in [-0.25, -0.2) is 0 Å². The molecule has 15 heavy (non-hydrogen) atoms. The van der Waals surface area contributed by atoms with Gasteiger partial charge in [0, 0.05) is 0 Å². The minimum atomic E-state index is -4.46. The number of aryl methyl sites for hydroxylation is 1. The number of rotatable bonds is 0. The van der Waals surface area contributed by atoms with Gasteiger partial charge in [-0.2, -0.15) is 18.2 Å². The molecule has 1 aromatic heterocycles. The molecule has 2 rings (SSSR count). The van der Waals surface area contributed by atoms with Gasteiger partial charge in [0.15, 0.2) is 5.58 Å². The molecular weight excluding hydrogens is 209 g/mol. The third kappa shape index (κ3) is 1.62. The highest BCUT2D eigenvalue weighted by Crippen LogP contribution is 2.36. The summed E-state index contributed by atoms with van der Waals surface area (Å²) >= 11 is 0. The lowest BCUT2D eigenvalue weighted by Gasteiger charge is -2.07. The van der Waals surface area contributed by atoms with Crippen molar-refractivity contribution in [3.8, 4) is 0 Å². The van der Waals surface area contributed by atoms with Gasteiger partial charge in [-0.3, -0.25) is 0 Å². The number of anilines is 1. The summed E-state index contributed by atoms with van der Waals surface area (Å²) in [6.07, 6.45) is -4.46. The molecule has 0 aliphatic heterocycles. The number of nitrogen functional groups attached to an aromatic ring is 1. The number of hydrogen-bond acceptors (Lipinski definition) is 3. The van der Waals surface area contributed by atoms with Crippen LogP contribution < -0.4 is 5.73 Å². The first kappa shape index (κ1) is 9.82. The Morgan fingerprint density at radius 3 is 2.60 bits per heavy atom. The Morgan fingerprint density at radius 2 is 2.00 bits per heavy atom. The van der Waals surface area contributed by atoms with E-state index >= 15 is 0 Å². The maximum atomic E-state index is 12.6. The van der Waals surface area contributed by atoms with Crippen LogP contribution in [0, 0.1) is 6.92 Å². The van der Waals surface area contributed by atoms with Crippen molar-refractivity contribution in [3.63, 3.8) is 0 Å². The fraction of sp³-hybridized carbons (Fsp3) is 0.222. The van der Waals surface area contributed by atoms with Crippen molar-refractivity contribution in [2.75, 3.05) is 5.73 Å². The summed E-state index contributed by atoms with van der Waals surface area (Å²) in [4.78, 5) is 3.66. The summed E-state index contributed by atoms with van der Waals surface area (Å²) in [6.45, 7) is 1.56. The van der Waals surface area contributed by atoms with Gasteiger partial charge in [-0.05, 0) is 24.6 Å². The van der Waals surface area contributed by atoms with Crippen LogP contribution in [-0.2, 0) is 6.18 Å². The van der Waals surface area contributed by atoms with E-state index in [1.807, 2.05) is 0 Å². The monoisotopic (exact) mass is 216 g/mol. The number of alkyl halides is 3. The highest BCUT2D eigenvalue weighted by molar-refractivity contribution is 5.79. The molecule has 3 nitrogen and oxygen atoms in total. The van der Waals surface area contributed by atoms with Crippen LogP contribution in [-0.4, -0.2) is 4.98 Å². The van der Waals surface area contributed by atoms with E-state index in [0.717, 1.165) is 6.07 Å². The Balaban J connectivity index is 2.82. The molecule has 0 unspecified atom stereocenters. The van der Waals surface area contributed by atoms with Gasteiger partial charge < -0.3 is 10.2 Å². The van der Waals surface area contributed by atoms with Crippen molar-refractivity contribution in [2.24, 2.45) is 0 Å². The molecule has 0 saturated carbocycles. The number of benzene rings is 1. The molecule has 0 saturated heterocycles. The molecule has 0 aliphatic carbocycles. The van der Waals surface area contributed by atoms with Crippen LogP contribution in [0.3, 0.4) is 0 Å². The number of nitrogens with two attached hydrogens (primary N) is 1. The average Bonchev–Trinajstić information content (AvgIpc) is 2.41. The Kier molecular flexibility index (Phi) is 1.89. The SMILES string of the molecule is Cc1cc(C(F)(F)F)c2oc(N)nc2c1. The third-order valence-electron chi connectivity index (χ3n) is 1.96. The van der Waals surface area contributed by atoms with Gasteiger partial charge in [0.1, 0.15) is 11.1 Å². The molecule has 6 heteroatoms. The predicted octanol–water partition coefficient (Wildman–Crippen LogP) is 2.74. The summed E-state index contributed by atoms with van der Waals surface area (Å²) in [5.74, 6) is 0. The Hall–Kier alpha value is -1.72. The fourth-order valence-corrected chi connectivity index (χ4v) is 1.40. The van der Waals surface area contributed by atoms with Crippen LogP contribution in [0.4, 0.5) is 19.2 Å². The lowest BCUT2D eigenvalue weighted by atomic mass is 10.1. The zero-order valence-electron chi connectivity index (χ0n) is 7.72. The second kappa shape index (κ2) is 2.88. The second-order valence-corrected chi connectivity index (χ2v) is 3.21. The van der Waals surface area contributed by atoms with Crippen LogP contribution in [0.2, 0.25) is 0 Å². The molecule has 0 aliphatic rings. The standard InChI is InChI=1S/C9H7F3N2O/c1-4-2-5(9(10,11)12)7-6(3-4)14-8(13)15-7/h2-3H,1H3,(H2,13,14). The highest BCUT2D eigenvalue weighted by atomic mass is 19.4. The quantitative estimate of drug-likeness (QED) is 0.736. The minimum Gasteiger partial charge on any atom is -0.423 e. The number of halogens is 3. The molecule has 0 radical (unpaired) electrons. The van der Waals surface area contributed by atoms with E-state index < -0.39 is 11.7 Å². The molecule has 1 heterocycles. The largest absolute Gasteiger partial charge is 0.423 e. The Morgan fingerprint density at radius 1 is 1.33 bits per heavy atom. The molecule has 0 fully saturated rings. The molecule has 80 valence electrons. The topological polar surface area (TPSA) is 52.0 Å². The zero-order valence-corrected chi connectivity index (χ0v) is 7.72. The first-order valence-electron chi connectivity index (χ1n) is 4.12. The fourth-order valence-electron chi connectivity index (χ4n) is 1.40. The summed E-state index contributed by atoms with van der Waals surface area (Å²) < 4.78 is 42.5. The molecule has 0 atom stereocenters. The maximum Gasteiger partial charge on any atom is 0.420 e. The number of nitrogens with zero attached hydrogens (tertiary/aromatic N) is 1. The van der Waals surface area contributed by atoms with Crippen LogP contribution in [0.15, 0.2) is 16.5 Å². The smallest absolute Gasteiger partial charge is 0.420 e. The van der Waals surface area contributed by atoms with Gasteiger partial charge in [-0.15, -0.1) is 0 Å². The number of fused-ring (bicyclic) bond motifs is 1. The van der Waals surface area contributed by atoms with E-state index in [1.54, 1.807) is 6.92 Å². The normalized spacial score (nSPS) is 12.3. The minimum absolute atomic E-state index is 0.125. The Bertz CT molecular complexity index is 516. The summed E-state index contributed by atoms with van der Waals surface area (Å²) in [5.41, 5.74) is 4.63. The first-order valence-corrected chi connectivity index (χ1v) is 4.12. The average molecular weight is 216 g/mol. The van der Waals surface area contributed by atoms with Gasteiger partial charge in [0.25, 0.3) is 6.01 Å². The molecular formula is C9H7F3N2O. The Labute approximate surface area is 82.7 Å². The van der Waals surface area contributed by atoms with Crippen LogP contribution in [0.5, 0.6) is 0 Å². The van der Waals surface area contributed by atoms with Gasteiger partial charge in [-0.1, -0.05) is 0 Å². The van der Waals surface area contributed by atoms with Gasteiger partial charge in [0.05, 0.1) is 0 Å². The van der Waals surface area contributed by atoms with Crippen molar-refractivity contribution in [1.29, 1.82) is 0 Å². The van der Waals surface area contributed by atoms with Gasteiger partial charge >= 0.3 is 6.18 Å². The molecule has 0 amide bonds. The molecule has 0 spiro atoms. The van der Waals surface area contributed by atoms with E-state index in [1.165, 1.54) is 6.07 Å². The lowest BCUT2D eigenvalue weighted by Crippen LogP contribution is -2.05. The number of hydrogen-bond donors (Lipinski definition) is 1. The van der Waals surface area contributed by atoms with Crippen molar-refractivity contribution >= 4 is 17.1 Å². The van der Waals surface area contributed by atoms with Crippen molar-refractivity contribution in [1.82, 2.24) is 4.98 Å². The molecule has 1 aromatic carbocycles. The van der Waals surface area contributed by atoms with Crippen molar-refractivity contribution < 1.29 is 17.6 Å². The zero-order chi connectivity index (χ0) is 11.2. The lowest BCUT2D eigenvalue weighted by molar-refractivity contribution is -0.136. The van der Waals surface area contributed by atoms with Crippen LogP contribution in [0.25, 0.3) is 11.1 Å². The molecule has 2 N–H and O–H groups in total. The summed E-state index contributed by atoms with van der Waals surface area (Å²) in [6, 6.07) is 2.23. The van der Waals surface area contributed by atoms with Gasteiger partial charge in [0.2, 0.25) is 0 Å². The van der Waals surface area contributed by atoms with Crippen molar-refractivity contribution in [2.45, 2.75) is 13.1 Å². The molecule has 0 bridgehead atoms. The van der Waals surface area contributed by atoms with E-state index in [9.17, 15) is 13.2 Å². The molecule has 2 aromatic rings. The first-order chi connectivity index (χ1) is 6.88. The van der Waals surface area contributed by atoms with E-state index in [-0.39, 0.29) is 17.1 Å². The maximum absolute atomic E-state index is 12.6. The summed E-state index contributed by atoms with van der Waals surface area (Å²) in [5, 5.41) is 0. The summed E-state index contributed by atoms with van der Waals surface area (Å²) in [7, 11) is 0. The second-order valence-electron chi connectivity index (χ2n) is 3.21. The number of aromatic nitrogens is 1. The van der Waals surface area contributed by atoms with E-state index in [2.05, 4.69) is 4.98 Å². The van der Waals surface area contributed by atoms with Crippen LogP contribution >= 0.6 is 0 Å². The highest BCUT2D eigenvalue weighted by Gasteiger charge is 2.35. The predicted molar refractivity (Wildman–Crippen MR) is 48.2 cm³/mol. The third-order valence-corrected chi connectivity index (χ3v) is 1.96. The van der Waals surface area contributed by atoms with E-state index in [0.29, 0.717) is 5.56 Å².